The number of rotatable bonds is 14. The van der Waals surface area contributed by atoms with Crippen LogP contribution >= 0.6 is 0 Å². The first-order valence-electron chi connectivity index (χ1n) is 14.6. The van der Waals surface area contributed by atoms with Crippen molar-refractivity contribution >= 4 is 40.5 Å². The van der Waals surface area contributed by atoms with Crippen molar-refractivity contribution in [3.05, 3.63) is 96.6 Å². The molecule has 4 aromatic rings. The molecular weight excluding hydrogens is 542 g/mol. The fraction of sp³-hybridized carbons (Fsp3) is 0.324. The first-order valence-corrected chi connectivity index (χ1v) is 14.6. The zero-order valence-electron chi connectivity index (χ0n) is 24.8. The number of carbonyl (C=O) groups is 4. The molecule has 3 aromatic carbocycles. The van der Waals surface area contributed by atoms with Crippen molar-refractivity contribution in [3.63, 3.8) is 0 Å². The standard InChI is InChI=1S/C34H39N5O4/c1-23(2)16-28(21-40)37-34(43)30(19-27-20-35-22-36-27)38-33(42)26(17-24-10-5-4-6-11-24)18-32(41)39(3)31-15-9-13-25-12-7-8-14-29(25)31/h4-15,20-23,26,28,30H,16-19H2,1-3H3,(H,35,36)(H,37,43)(H,38,42)/t26?,28-,30-/m0/s1. The second-order valence-electron chi connectivity index (χ2n) is 11.3. The lowest BCUT2D eigenvalue weighted by molar-refractivity contribution is -0.133. The van der Waals surface area contributed by atoms with Crippen LogP contribution in [0.1, 0.15) is 37.9 Å². The third-order valence-corrected chi connectivity index (χ3v) is 7.45. The number of amides is 3. The van der Waals surface area contributed by atoms with Gasteiger partial charge in [0.15, 0.2) is 0 Å². The summed E-state index contributed by atoms with van der Waals surface area (Å²) >= 11 is 0. The van der Waals surface area contributed by atoms with Gasteiger partial charge in [0.05, 0.1) is 24.0 Å². The number of aromatic nitrogens is 2. The van der Waals surface area contributed by atoms with Crippen molar-refractivity contribution in [1.29, 1.82) is 0 Å². The van der Waals surface area contributed by atoms with Crippen LogP contribution < -0.4 is 15.5 Å². The van der Waals surface area contributed by atoms with Crippen LogP contribution in [0.3, 0.4) is 0 Å². The summed E-state index contributed by atoms with van der Waals surface area (Å²) in [6.07, 6.45) is 4.67. The monoisotopic (exact) mass is 581 g/mol. The highest BCUT2D eigenvalue weighted by Crippen LogP contribution is 2.27. The Kier molecular flexibility index (Phi) is 10.8. The van der Waals surface area contributed by atoms with E-state index in [-0.39, 0.29) is 24.7 Å². The van der Waals surface area contributed by atoms with Crippen LogP contribution in [0.5, 0.6) is 0 Å². The second-order valence-corrected chi connectivity index (χ2v) is 11.3. The van der Waals surface area contributed by atoms with E-state index >= 15 is 0 Å². The van der Waals surface area contributed by atoms with E-state index in [4.69, 9.17) is 0 Å². The third-order valence-electron chi connectivity index (χ3n) is 7.45. The van der Waals surface area contributed by atoms with Crippen molar-refractivity contribution in [2.75, 3.05) is 11.9 Å². The molecule has 0 saturated carbocycles. The molecule has 0 spiro atoms. The van der Waals surface area contributed by atoms with E-state index in [1.807, 2.05) is 86.6 Å². The predicted octanol–water partition coefficient (Wildman–Crippen LogP) is 4.23. The maximum Gasteiger partial charge on any atom is 0.243 e. The first-order chi connectivity index (χ1) is 20.7. The largest absolute Gasteiger partial charge is 0.348 e. The summed E-state index contributed by atoms with van der Waals surface area (Å²) in [5.41, 5.74) is 2.30. The summed E-state index contributed by atoms with van der Waals surface area (Å²) in [6, 6.07) is 21.4. The third kappa shape index (κ3) is 8.61. The van der Waals surface area contributed by atoms with Crippen LogP contribution in [0.15, 0.2) is 85.3 Å². The SMILES string of the molecule is CC(C)C[C@@H](C=O)NC(=O)[C@H](Cc1cnc[nH]1)NC(=O)C(CC(=O)N(C)c1cccc2ccccc12)Cc1ccccc1. The molecule has 0 fully saturated rings. The molecule has 1 unspecified atom stereocenters. The Labute approximate surface area is 252 Å². The molecule has 224 valence electrons. The minimum atomic E-state index is -0.980. The number of H-pyrrole nitrogens is 1. The quantitative estimate of drug-likeness (QED) is 0.192. The topological polar surface area (TPSA) is 124 Å². The Morgan fingerprint density at radius 2 is 1.63 bits per heavy atom. The Hall–Kier alpha value is -4.79. The second kappa shape index (κ2) is 14.9. The molecule has 4 rings (SSSR count). The maximum atomic E-state index is 13.9. The van der Waals surface area contributed by atoms with E-state index in [0.717, 1.165) is 22.0 Å². The number of aldehydes is 1. The smallest absolute Gasteiger partial charge is 0.243 e. The maximum absolute atomic E-state index is 13.9. The molecule has 3 amide bonds. The molecule has 3 atom stereocenters. The average molecular weight is 582 g/mol. The Morgan fingerprint density at radius 3 is 2.33 bits per heavy atom. The number of imidazole rings is 1. The minimum absolute atomic E-state index is 0.0663. The van der Waals surface area contributed by atoms with Crippen LogP contribution in [-0.4, -0.2) is 53.1 Å². The van der Waals surface area contributed by atoms with Crippen molar-refractivity contribution < 1.29 is 19.2 Å². The summed E-state index contributed by atoms with van der Waals surface area (Å²) in [6.45, 7) is 3.93. The molecule has 0 aliphatic carbocycles. The summed E-state index contributed by atoms with van der Waals surface area (Å²) in [5, 5.41) is 7.61. The van der Waals surface area contributed by atoms with Gasteiger partial charge < -0.3 is 25.3 Å². The van der Waals surface area contributed by atoms with Gasteiger partial charge in [-0.3, -0.25) is 14.4 Å². The normalized spacial score (nSPS) is 13.2. The minimum Gasteiger partial charge on any atom is -0.348 e. The van der Waals surface area contributed by atoms with E-state index in [1.54, 1.807) is 18.1 Å². The number of hydrogen-bond donors (Lipinski definition) is 3. The number of carbonyl (C=O) groups excluding carboxylic acids is 4. The summed E-state index contributed by atoms with van der Waals surface area (Å²) in [7, 11) is 1.71. The van der Waals surface area contributed by atoms with Gasteiger partial charge in [0.2, 0.25) is 17.7 Å². The van der Waals surface area contributed by atoms with Gasteiger partial charge in [0.1, 0.15) is 12.3 Å². The number of nitrogens with zero attached hydrogens (tertiary/aromatic N) is 2. The number of nitrogens with one attached hydrogen (secondary N) is 3. The van der Waals surface area contributed by atoms with Crippen molar-refractivity contribution in [3.8, 4) is 0 Å². The van der Waals surface area contributed by atoms with Gasteiger partial charge >= 0.3 is 0 Å². The highest BCUT2D eigenvalue weighted by molar-refractivity contribution is 6.04. The molecule has 9 nitrogen and oxygen atoms in total. The molecule has 43 heavy (non-hydrogen) atoms. The Balaban J connectivity index is 1.57. The van der Waals surface area contributed by atoms with Gasteiger partial charge in [-0.05, 0) is 35.8 Å². The van der Waals surface area contributed by atoms with Crippen molar-refractivity contribution in [1.82, 2.24) is 20.6 Å². The number of benzene rings is 3. The fourth-order valence-electron chi connectivity index (χ4n) is 5.19. The van der Waals surface area contributed by atoms with Crippen molar-refractivity contribution in [2.24, 2.45) is 11.8 Å². The van der Waals surface area contributed by atoms with E-state index in [2.05, 4.69) is 20.6 Å². The van der Waals surface area contributed by atoms with Gasteiger partial charge in [-0.2, -0.15) is 0 Å². The van der Waals surface area contributed by atoms with E-state index < -0.39 is 29.8 Å². The fourth-order valence-corrected chi connectivity index (χ4v) is 5.19. The summed E-state index contributed by atoms with van der Waals surface area (Å²) in [5.74, 6) is -1.67. The molecule has 0 saturated heterocycles. The van der Waals surface area contributed by atoms with Gasteiger partial charge in [-0.15, -0.1) is 0 Å². The Bertz CT molecular complexity index is 1520. The number of hydrogen-bond acceptors (Lipinski definition) is 5. The van der Waals surface area contributed by atoms with Crippen LogP contribution in [0.4, 0.5) is 5.69 Å². The average Bonchev–Trinajstić information content (AvgIpc) is 3.52. The zero-order valence-corrected chi connectivity index (χ0v) is 24.8. The van der Waals surface area contributed by atoms with Crippen LogP contribution in [0, 0.1) is 11.8 Å². The molecular formula is C34H39N5O4. The number of aromatic amines is 1. The lowest BCUT2D eigenvalue weighted by atomic mass is 9.93. The van der Waals surface area contributed by atoms with Crippen LogP contribution in [0.25, 0.3) is 10.8 Å². The van der Waals surface area contributed by atoms with Gasteiger partial charge in [-0.1, -0.05) is 80.6 Å². The summed E-state index contributed by atoms with van der Waals surface area (Å²) < 4.78 is 0. The lowest BCUT2D eigenvalue weighted by Gasteiger charge is -2.25. The number of fused-ring (bicyclic) bond motifs is 1. The molecule has 9 heteroatoms. The molecule has 0 radical (unpaired) electrons. The lowest BCUT2D eigenvalue weighted by Crippen LogP contribution is -2.53. The van der Waals surface area contributed by atoms with Gasteiger partial charge in [0, 0.05) is 37.2 Å². The highest BCUT2D eigenvalue weighted by Gasteiger charge is 2.30. The van der Waals surface area contributed by atoms with E-state index in [0.29, 0.717) is 24.8 Å². The van der Waals surface area contributed by atoms with Crippen molar-refractivity contribution in [2.45, 2.75) is 51.6 Å². The first kappa shape index (κ1) is 31.2. The molecule has 1 heterocycles. The van der Waals surface area contributed by atoms with Crippen LogP contribution in [0.2, 0.25) is 0 Å². The molecule has 0 aliphatic rings. The van der Waals surface area contributed by atoms with Gasteiger partial charge in [-0.25, -0.2) is 4.98 Å². The van der Waals surface area contributed by atoms with Gasteiger partial charge in [0.25, 0.3) is 0 Å². The van der Waals surface area contributed by atoms with Crippen LogP contribution in [-0.2, 0) is 32.0 Å². The Morgan fingerprint density at radius 1 is 0.907 bits per heavy atom. The molecule has 1 aromatic heterocycles. The van der Waals surface area contributed by atoms with E-state index in [9.17, 15) is 19.2 Å². The summed E-state index contributed by atoms with van der Waals surface area (Å²) in [4.78, 5) is 61.2. The predicted molar refractivity (Wildman–Crippen MR) is 167 cm³/mol. The zero-order chi connectivity index (χ0) is 30.8. The number of anilines is 1. The van der Waals surface area contributed by atoms with E-state index in [1.165, 1.54) is 6.33 Å². The molecule has 0 aliphatic heterocycles. The molecule has 3 N–H and O–H groups in total. The highest BCUT2D eigenvalue weighted by atomic mass is 16.2. The molecule has 0 bridgehead atoms.